The van der Waals surface area contributed by atoms with Gasteiger partial charge in [-0.1, -0.05) is 12.7 Å². The fourth-order valence-electron chi connectivity index (χ4n) is 0.239. The van der Waals surface area contributed by atoms with Crippen LogP contribution in [0.5, 0.6) is 0 Å². The lowest BCUT2D eigenvalue weighted by atomic mass is 10.6. The molecule has 0 fully saturated rings. The lowest BCUT2D eigenvalue weighted by Gasteiger charge is -1.88. The average molecular weight is 219 g/mol. The van der Waals surface area contributed by atoms with E-state index in [1.165, 1.54) is 12.3 Å². The highest BCUT2D eigenvalue weighted by Gasteiger charge is 1.99. The van der Waals surface area contributed by atoms with Crippen LogP contribution in [0.25, 0.3) is 0 Å². The van der Waals surface area contributed by atoms with E-state index in [0.29, 0.717) is 4.48 Å². The number of nitrogens with two attached hydrogens (primary N) is 1. The maximum atomic E-state index is 10.1. The summed E-state index contributed by atoms with van der Waals surface area (Å²) in [4.78, 5) is 13.5. The molecule has 0 aromatic heterocycles. The van der Waals surface area contributed by atoms with Gasteiger partial charge >= 0.3 is 5.97 Å². The summed E-state index contributed by atoms with van der Waals surface area (Å²) < 4.78 is 0.571. The van der Waals surface area contributed by atoms with Gasteiger partial charge in [-0.25, -0.2) is 9.79 Å². The molecular formula is C6H7BrN2O2. The molecule has 0 unspecified atom stereocenters. The van der Waals surface area contributed by atoms with Crippen LogP contribution >= 0.6 is 15.9 Å². The van der Waals surface area contributed by atoms with Gasteiger partial charge in [0.1, 0.15) is 0 Å². The number of aliphatic carboxylic acids is 1. The highest BCUT2D eigenvalue weighted by atomic mass is 79.9. The third kappa shape index (κ3) is 4.32. The van der Waals surface area contributed by atoms with E-state index in [-0.39, 0.29) is 0 Å². The molecule has 4 nitrogen and oxygen atoms in total. The molecule has 0 atom stereocenters. The van der Waals surface area contributed by atoms with Crippen molar-refractivity contribution in [3.05, 3.63) is 23.3 Å². The molecule has 3 N–H and O–H groups in total. The first kappa shape index (κ1) is 9.90. The van der Waals surface area contributed by atoms with Crippen LogP contribution in [0.3, 0.4) is 0 Å². The van der Waals surface area contributed by atoms with Gasteiger partial charge in [0.15, 0.2) is 0 Å². The molecular weight excluding hydrogens is 212 g/mol. The van der Waals surface area contributed by atoms with Gasteiger partial charge in [0.25, 0.3) is 0 Å². The fourth-order valence-corrected chi connectivity index (χ4v) is 0.342. The number of carboxylic acid groups (broad SMARTS) is 1. The molecule has 0 rings (SSSR count). The lowest BCUT2D eigenvalue weighted by molar-refractivity contribution is -0.129. The molecule has 0 aromatic rings. The zero-order valence-electron chi connectivity index (χ0n) is 5.62. The normalized spacial score (nSPS) is 12.8. The zero-order chi connectivity index (χ0) is 8.85. The molecule has 0 amide bonds. The Labute approximate surface area is 72.2 Å². The molecule has 0 saturated heterocycles. The van der Waals surface area contributed by atoms with Gasteiger partial charge in [0, 0.05) is 10.7 Å². The Morgan fingerprint density at radius 1 is 1.73 bits per heavy atom. The van der Waals surface area contributed by atoms with Crippen molar-refractivity contribution in [1.29, 1.82) is 0 Å². The molecule has 0 radical (unpaired) electrons. The number of carboxylic acids is 1. The predicted molar refractivity (Wildman–Crippen MR) is 46.5 cm³/mol. The predicted octanol–water partition coefficient (Wildman–Crippen LogP) is 0.851. The molecule has 0 aromatic carbocycles. The molecule has 0 saturated carbocycles. The van der Waals surface area contributed by atoms with Crippen LogP contribution < -0.4 is 5.73 Å². The maximum Gasteiger partial charge on any atom is 0.371 e. The second kappa shape index (κ2) is 4.68. The Bertz CT molecular complexity index is 233. The minimum absolute atomic E-state index is 0.455. The van der Waals surface area contributed by atoms with E-state index in [0.717, 1.165) is 0 Å². The minimum Gasteiger partial charge on any atom is -0.475 e. The Hall–Kier alpha value is -1.10. The number of rotatable bonds is 2. The summed E-state index contributed by atoms with van der Waals surface area (Å²) in [6.45, 7) is 3.41. The van der Waals surface area contributed by atoms with Gasteiger partial charge in [0.2, 0.25) is 5.84 Å². The van der Waals surface area contributed by atoms with Crippen molar-refractivity contribution >= 4 is 27.7 Å². The molecule has 0 spiro atoms. The van der Waals surface area contributed by atoms with E-state index < -0.39 is 11.8 Å². The highest BCUT2D eigenvalue weighted by molar-refractivity contribution is 9.11. The molecule has 60 valence electrons. The Morgan fingerprint density at radius 3 is 2.64 bits per heavy atom. The number of allylic oxidation sites excluding steroid dienone is 2. The van der Waals surface area contributed by atoms with Gasteiger partial charge in [0.05, 0.1) is 0 Å². The number of halogens is 1. The van der Waals surface area contributed by atoms with E-state index in [1.807, 2.05) is 0 Å². The van der Waals surface area contributed by atoms with Gasteiger partial charge in [-0.3, -0.25) is 0 Å². The summed E-state index contributed by atoms with van der Waals surface area (Å²) in [5.41, 5.74) is 4.97. The molecule has 0 heterocycles. The molecule has 0 aliphatic carbocycles. The van der Waals surface area contributed by atoms with E-state index in [2.05, 4.69) is 27.5 Å². The van der Waals surface area contributed by atoms with Gasteiger partial charge in [-0.2, -0.15) is 0 Å². The summed E-state index contributed by atoms with van der Waals surface area (Å²) in [7, 11) is 0. The van der Waals surface area contributed by atoms with Crippen LogP contribution in [0.15, 0.2) is 28.3 Å². The van der Waals surface area contributed by atoms with Crippen LogP contribution in [0, 0.1) is 0 Å². The van der Waals surface area contributed by atoms with Gasteiger partial charge < -0.3 is 10.8 Å². The van der Waals surface area contributed by atoms with Crippen molar-refractivity contribution in [1.82, 2.24) is 0 Å². The minimum atomic E-state index is -1.24. The number of hydrogen-bond donors (Lipinski definition) is 2. The van der Waals surface area contributed by atoms with Crippen molar-refractivity contribution in [3.63, 3.8) is 0 Å². The molecule has 0 bridgehead atoms. The van der Waals surface area contributed by atoms with Crippen LogP contribution in [-0.2, 0) is 4.79 Å². The van der Waals surface area contributed by atoms with E-state index in [1.54, 1.807) is 0 Å². The SMILES string of the molecule is C=CC(Br)=CN=C(N)C(=O)O. The summed E-state index contributed by atoms with van der Waals surface area (Å²) in [5, 5.41) is 8.24. The third-order valence-corrected chi connectivity index (χ3v) is 1.27. The quantitative estimate of drug-likeness (QED) is 0.410. The maximum absolute atomic E-state index is 10.1. The topological polar surface area (TPSA) is 75.7 Å². The zero-order valence-corrected chi connectivity index (χ0v) is 7.21. The summed E-state index contributed by atoms with van der Waals surface area (Å²) in [5.74, 6) is -1.70. The molecule has 0 aliphatic rings. The van der Waals surface area contributed by atoms with Crippen molar-refractivity contribution in [2.24, 2.45) is 10.7 Å². The first-order valence-electron chi connectivity index (χ1n) is 2.62. The standard InChI is InChI=1S/C6H7BrN2O2/c1-2-4(7)3-9-5(8)6(10)11/h2-3H,1H2,(H2,8,9)(H,10,11). The first-order valence-corrected chi connectivity index (χ1v) is 3.42. The van der Waals surface area contributed by atoms with Gasteiger partial charge in [-0.15, -0.1) is 0 Å². The Kier molecular flexibility index (Phi) is 4.21. The van der Waals surface area contributed by atoms with Crippen molar-refractivity contribution in [3.8, 4) is 0 Å². The van der Waals surface area contributed by atoms with Crippen molar-refractivity contribution in [2.45, 2.75) is 0 Å². The monoisotopic (exact) mass is 218 g/mol. The average Bonchev–Trinajstić information content (AvgIpc) is 1.99. The van der Waals surface area contributed by atoms with Gasteiger partial charge in [-0.05, 0) is 15.9 Å². The van der Waals surface area contributed by atoms with Crippen molar-refractivity contribution < 1.29 is 9.90 Å². The van der Waals surface area contributed by atoms with Crippen molar-refractivity contribution in [2.75, 3.05) is 0 Å². The van der Waals surface area contributed by atoms with Crippen LogP contribution in [0.1, 0.15) is 0 Å². The van der Waals surface area contributed by atoms with E-state index in [4.69, 9.17) is 10.8 Å². The molecule has 5 heteroatoms. The molecule has 11 heavy (non-hydrogen) atoms. The highest BCUT2D eigenvalue weighted by Crippen LogP contribution is 2.04. The summed E-state index contributed by atoms with van der Waals surface area (Å²) in [6, 6.07) is 0. The van der Waals surface area contributed by atoms with Crippen LogP contribution in [0.4, 0.5) is 0 Å². The summed E-state index contributed by atoms with van der Waals surface area (Å²) in [6.07, 6.45) is 2.73. The van der Waals surface area contributed by atoms with Crippen LogP contribution in [0.2, 0.25) is 0 Å². The first-order chi connectivity index (χ1) is 5.07. The number of aliphatic imine (C=N–C) groups is 1. The Balaban J connectivity index is 4.34. The van der Waals surface area contributed by atoms with E-state index >= 15 is 0 Å². The second-order valence-electron chi connectivity index (χ2n) is 1.54. The third-order valence-electron chi connectivity index (χ3n) is 0.741. The number of nitrogens with zero attached hydrogens (tertiary/aromatic N) is 1. The fraction of sp³-hybridized carbons (Fsp3) is 0. The largest absolute Gasteiger partial charge is 0.475 e. The number of carbonyl (C=O) groups is 1. The van der Waals surface area contributed by atoms with E-state index in [9.17, 15) is 4.79 Å². The number of hydrogen-bond acceptors (Lipinski definition) is 2. The lowest BCUT2D eigenvalue weighted by Crippen LogP contribution is -2.22. The van der Waals surface area contributed by atoms with Crippen LogP contribution in [-0.4, -0.2) is 16.9 Å². The Morgan fingerprint density at radius 2 is 2.27 bits per heavy atom. The molecule has 0 aliphatic heterocycles. The summed E-state index contributed by atoms with van der Waals surface area (Å²) >= 11 is 3.04. The number of amidine groups is 1. The second-order valence-corrected chi connectivity index (χ2v) is 2.45. The smallest absolute Gasteiger partial charge is 0.371 e.